The number of aromatic hydroxyl groups is 1. The standard InChI is InChI=1S/C21H15ClN8O4S.Na/c1-11-2-4-13(5-3-11)29-30-17-16(35-34-33-32)9-12-8-14(6-7-15(12)18(17)31)25-21-27-19(22)26-20(28-21)24-10-23;/h2-9,31-32H,1H3,(H2,24,25,26,27,28);/q;+1/p-1. The molecule has 12 nitrogen and oxygen atoms in total. The molecule has 0 radical (unpaired) electrons. The van der Waals surface area contributed by atoms with Gasteiger partial charge in [-0.3, -0.25) is 10.4 Å². The summed E-state index contributed by atoms with van der Waals surface area (Å²) in [4.78, 5) is 12.1. The Morgan fingerprint density at radius 1 is 1.08 bits per heavy atom. The Morgan fingerprint density at radius 2 is 1.83 bits per heavy atom. The molecule has 176 valence electrons. The van der Waals surface area contributed by atoms with Gasteiger partial charge in [-0.1, -0.05) is 17.7 Å². The fourth-order valence-electron chi connectivity index (χ4n) is 3.00. The van der Waals surface area contributed by atoms with Crippen LogP contribution >= 0.6 is 23.6 Å². The third-order valence-corrected chi connectivity index (χ3v) is 5.32. The third kappa shape index (κ3) is 6.78. The first-order valence-corrected chi connectivity index (χ1v) is 10.8. The molecule has 0 atom stereocenters. The van der Waals surface area contributed by atoms with Gasteiger partial charge in [-0.25, -0.2) is 0 Å². The molecule has 0 amide bonds. The predicted octanol–water partition coefficient (Wildman–Crippen LogP) is 1.98. The minimum Gasteiger partial charge on any atom is -0.691 e. The quantitative estimate of drug-likeness (QED) is 0.0575. The van der Waals surface area contributed by atoms with Crippen LogP contribution in [0.15, 0.2) is 63.7 Å². The van der Waals surface area contributed by atoms with Crippen LogP contribution in [0.3, 0.4) is 0 Å². The number of aromatic nitrogens is 3. The number of fused-ring (bicyclic) bond motifs is 1. The fourth-order valence-corrected chi connectivity index (χ4v) is 3.65. The van der Waals surface area contributed by atoms with Crippen LogP contribution < -0.4 is 45.4 Å². The minimum absolute atomic E-state index is 0. The van der Waals surface area contributed by atoms with Gasteiger partial charge in [0.1, 0.15) is 5.69 Å². The number of phenolic OH excluding ortho intramolecular Hbond substituents is 1. The molecule has 0 aliphatic carbocycles. The summed E-state index contributed by atoms with van der Waals surface area (Å²) in [6.07, 6.45) is 1.70. The van der Waals surface area contributed by atoms with Gasteiger partial charge >= 0.3 is 29.6 Å². The van der Waals surface area contributed by atoms with Gasteiger partial charge < -0.3 is 15.7 Å². The Bertz CT molecular complexity index is 1450. The van der Waals surface area contributed by atoms with Crippen molar-refractivity contribution >= 4 is 63.4 Å². The summed E-state index contributed by atoms with van der Waals surface area (Å²) >= 11 is 6.45. The number of benzene rings is 3. The van der Waals surface area contributed by atoms with E-state index in [0.717, 1.165) is 5.56 Å². The van der Waals surface area contributed by atoms with Crippen LogP contribution in [-0.4, -0.2) is 20.1 Å². The number of nitriles is 1. The zero-order valence-electron chi connectivity index (χ0n) is 18.8. The molecule has 0 saturated heterocycles. The molecule has 1 heterocycles. The Morgan fingerprint density at radius 3 is 2.56 bits per heavy atom. The summed E-state index contributed by atoms with van der Waals surface area (Å²) in [7, 11) is 0. The molecule has 3 N–H and O–H groups in total. The second-order valence-corrected chi connectivity index (χ2v) is 7.96. The molecule has 0 spiro atoms. The summed E-state index contributed by atoms with van der Waals surface area (Å²) in [5.74, 6) is -0.108. The molecule has 4 rings (SSSR count). The number of azo groups is 1. The summed E-state index contributed by atoms with van der Waals surface area (Å²) < 4.78 is 4.46. The first kappa shape index (κ1) is 27.5. The fraction of sp³-hybridized carbons (Fsp3) is 0.0476. The van der Waals surface area contributed by atoms with Crippen molar-refractivity contribution < 1.29 is 49.3 Å². The Kier molecular flexibility index (Phi) is 9.76. The maximum absolute atomic E-state index is 10.9. The number of nitrogens with zero attached hydrogens (tertiary/aromatic N) is 6. The minimum atomic E-state index is -0.175. The smallest absolute Gasteiger partial charge is 0.691 e. The van der Waals surface area contributed by atoms with E-state index in [9.17, 15) is 10.4 Å². The van der Waals surface area contributed by atoms with Crippen molar-refractivity contribution in [1.29, 1.82) is 5.26 Å². The van der Waals surface area contributed by atoms with E-state index < -0.39 is 0 Å². The van der Waals surface area contributed by atoms with Crippen LogP contribution in [0.1, 0.15) is 5.56 Å². The SMILES string of the molecule is Cc1ccc(N=Nc2c(SOO[O-])cc3cc(Nc4nc(Cl)nc(NC#N)n4)ccc3c2O)cc1.[Na+]. The number of rotatable bonds is 8. The summed E-state index contributed by atoms with van der Waals surface area (Å²) in [6.45, 7) is 1.95. The Balaban J connectivity index is 0.00000361. The van der Waals surface area contributed by atoms with Crippen LogP contribution in [0, 0.1) is 18.4 Å². The van der Waals surface area contributed by atoms with E-state index in [-0.39, 0.29) is 63.1 Å². The van der Waals surface area contributed by atoms with Crippen LogP contribution in [0.2, 0.25) is 5.28 Å². The summed E-state index contributed by atoms with van der Waals surface area (Å²) in [5, 5.41) is 48.0. The van der Waals surface area contributed by atoms with E-state index in [4.69, 9.17) is 16.9 Å². The molecule has 0 aliphatic rings. The van der Waals surface area contributed by atoms with Crippen molar-refractivity contribution in [2.24, 2.45) is 10.2 Å². The Hall–Kier alpha value is -3.06. The number of anilines is 3. The second-order valence-electron chi connectivity index (χ2n) is 6.88. The monoisotopic (exact) mass is 532 g/mol. The number of hydrogen-bond acceptors (Lipinski definition) is 13. The normalized spacial score (nSPS) is 10.7. The second kappa shape index (κ2) is 12.8. The average Bonchev–Trinajstić information content (AvgIpc) is 2.83. The summed E-state index contributed by atoms with van der Waals surface area (Å²) in [6, 6.07) is 14.0. The van der Waals surface area contributed by atoms with Gasteiger partial charge in [0.2, 0.25) is 17.2 Å². The molecule has 0 aliphatic heterocycles. The van der Waals surface area contributed by atoms with E-state index in [2.05, 4.69) is 45.2 Å². The molecule has 0 unspecified atom stereocenters. The van der Waals surface area contributed by atoms with E-state index >= 15 is 0 Å². The van der Waals surface area contributed by atoms with Gasteiger partial charge in [0, 0.05) is 11.1 Å². The first-order chi connectivity index (χ1) is 17.0. The van der Waals surface area contributed by atoms with Crippen LogP contribution in [0.4, 0.5) is 29.0 Å². The topological polar surface area (TPSA) is 173 Å². The largest absolute Gasteiger partial charge is 1.00 e. The van der Waals surface area contributed by atoms with Crippen molar-refractivity contribution in [3.63, 3.8) is 0 Å². The van der Waals surface area contributed by atoms with Gasteiger partial charge in [0.15, 0.2) is 11.9 Å². The van der Waals surface area contributed by atoms with E-state index in [0.29, 0.717) is 34.2 Å². The molecule has 4 aromatic rings. The number of nitrogens with one attached hydrogen (secondary N) is 2. The van der Waals surface area contributed by atoms with Gasteiger partial charge in [-0.15, -0.1) is 5.11 Å². The van der Waals surface area contributed by atoms with E-state index in [1.165, 1.54) is 0 Å². The molecular formula is C21H14ClN8NaO4S. The van der Waals surface area contributed by atoms with Crippen molar-refractivity contribution in [3.05, 3.63) is 59.4 Å². The molecule has 15 heteroatoms. The van der Waals surface area contributed by atoms with Crippen molar-refractivity contribution in [3.8, 4) is 11.9 Å². The van der Waals surface area contributed by atoms with Crippen molar-refractivity contribution in [2.45, 2.75) is 11.8 Å². The van der Waals surface area contributed by atoms with E-state index in [1.807, 2.05) is 19.1 Å². The molecule has 36 heavy (non-hydrogen) atoms. The van der Waals surface area contributed by atoms with Gasteiger partial charge in [-0.2, -0.15) is 29.7 Å². The number of aryl methyl sites for hydroxylation is 1. The maximum atomic E-state index is 10.9. The number of phenols is 1. The van der Waals surface area contributed by atoms with E-state index in [1.54, 1.807) is 42.6 Å². The maximum Gasteiger partial charge on any atom is 1.00 e. The molecule has 0 fully saturated rings. The van der Waals surface area contributed by atoms with Crippen LogP contribution in [-0.2, 0) is 9.37 Å². The molecule has 0 bridgehead atoms. The van der Waals surface area contributed by atoms with Gasteiger partial charge in [0.25, 0.3) is 0 Å². The third-order valence-electron chi connectivity index (χ3n) is 4.53. The zero-order valence-corrected chi connectivity index (χ0v) is 22.3. The molecule has 3 aromatic carbocycles. The molecular weight excluding hydrogens is 519 g/mol. The van der Waals surface area contributed by atoms with Gasteiger partial charge in [0.05, 0.1) is 22.6 Å². The van der Waals surface area contributed by atoms with Crippen LogP contribution in [0.5, 0.6) is 5.75 Å². The van der Waals surface area contributed by atoms with Crippen molar-refractivity contribution in [1.82, 2.24) is 15.0 Å². The summed E-state index contributed by atoms with van der Waals surface area (Å²) in [5.41, 5.74) is 2.27. The predicted molar refractivity (Wildman–Crippen MR) is 126 cm³/mol. The molecule has 0 saturated carbocycles. The first-order valence-electron chi connectivity index (χ1n) is 9.72. The van der Waals surface area contributed by atoms with Crippen LogP contribution in [0.25, 0.3) is 10.8 Å². The molecule has 1 aromatic heterocycles. The van der Waals surface area contributed by atoms with Crippen molar-refractivity contribution in [2.75, 3.05) is 10.6 Å². The number of hydrogen-bond donors (Lipinski definition) is 3. The zero-order chi connectivity index (χ0) is 24.8. The average molecular weight is 533 g/mol. The number of halogens is 1. The Labute approximate surface area is 235 Å². The van der Waals surface area contributed by atoms with Gasteiger partial charge in [-0.05, 0) is 60.3 Å².